The van der Waals surface area contributed by atoms with Crippen LogP contribution in [0.1, 0.15) is 132 Å². The molecule has 0 saturated heterocycles. The number of carbonyl (C=O) groups is 4. The summed E-state index contributed by atoms with van der Waals surface area (Å²) in [6.07, 6.45) is 10.8. The number of hydrogen-bond donors (Lipinski definition) is 2. The minimum Gasteiger partial charge on any atom is -0.274 e. The Hall–Kier alpha value is -5.91. The zero-order chi connectivity index (χ0) is 39.2. The fourth-order valence-corrected chi connectivity index (χ4v) is 9.08. The summed E-state index contributed by atoms with van der Waals surface area (Å²) in [6.45, 7) is 4.43. The molecular formula is C44H45N5O7. The fraction of sp³-hybridized carbons (Fsp3) is 0.386. The number of nitrogens with zero attached hydrogens (tertiary/aromatic N) is 3. The summed E-state index contributed by atoms with van der Waals surface area (Å²) in [5, 5.41) is 6.18. The van der Waals surface area contributed by atoms with Crippen molar-refractivity contribution < 1.29 is 19.2 Å². The number of rotatable bonds is 16. The van der Waals surface area contributed by atoms with Gasteiger partial charge in [0, 0.05) is 52.2 Å². The molecule has 0 aliphatic carbocycles. The van der Waals surface area contributed by atoms with Crippen LogP contribution in [0.15, 0.2) is 62.9 Å². The molecule has 2 N–H and O–H groups in total. The number of nitrogens with one attached hydrogen (secondary N) is 2. The summed E-state index contributed by atoms with van der Waals surface area (Å²) in [6, 6.07) is 14.7. The Balaban J connectivity index is 1.14. The number of hydrogen-bond acceptors (Lipinski definition) is 7. The van der Waals surface area contributed by atoms with Crippen molar-refractivity contribution in [3.8, 4) is 0 Å². The van der Waals surface area contributed by atoms with E-state index in [0.717, 1.165) is 101 Å². The lowest BCUT2D eigenvalue weighted by molar-refractivity contribution is 0.0514. The van der Waals surface area contributed by atoms with Crippen LogP contribution in [0.4, 0.5) is 0 Å². The maximum atomic E-state index is 14.4. The van der Waals surface area contributed by atoms with Crippen molar-refractivity contribution in [2.24, 2.45) is 0 Å². The van der Waals surface area contributed by atoms with Crippen molar-refractivity contribution in [1.29, 1.82) is 0 Å². The van der Waals surface area contributed by atoms with Crippen LogP contribution < -0.4 is 17.1 Å². The Morgan fingerprint density at radius 1 is 0.464 bits per heavy atom. The van der Waals surface area contributed by atoms with Crippen LogP contribution in [0.5, 0.6) is 0 Å². The van der Waals surface area contributed by atoms with Crippen molar-refractivity contribution in [2.75, 3.05) is 6.54 Å². The molecule has 6 aromatic rings. The Bertz CT molecular complexity index is 2590. The summed E-state index contributed by atoms with van der Waals surface area (Å²) in [4.78, 5) is 99.1. The van der Waals surface area contributed by atoms with Gasteiger partial charge >= 0.3 is 17.1 Å². The van der Waals surface area contributed by atoms with E-state index in [-0.39, 0.29) is 30.9 Å². The average Bonchev–Trinajstić information content (AvgIpc) is 3.18. The number of H-pyrrole nitrogens is 2. The van der Waals surface area contributed by atoms with E-state index in [2.05, 4.69) is 13.8 Å². The highest BCUT2D eigenvalue weighted by Gasteiger charge is 2.39. The lowest BCUT2D eigenvalue weighted by atomic mass is 9.82. The molecule has 0 fully saturated rings. The number of aromatic amines is 2. The van der Waals surface area contributed by atoms with Crippen LogP contribution in [-0.4, -0.2) is 60.6 Å². The first-order valence-corrected chi connectivity index (χ1v) is 20.0. The number of benzene rings is 5. The van der Waals surface area contributed by atoms with Gasteiger partial charge in [0.2, 0.25) is 0 Å². The summed E-state index contributed by atoms with van der Waals surface area (Å²) in [5.74, 6) is -1.35. The maximum absolute atomic E-state index is 14.4. The normalized spacial score (nSPS) is 14.3. The van der Waals surface area contributed by atoms with Crippen LogP contribution in [0.3, 0.4) is 0 Å². The molecule has 8 rings (SSSR count). The Kier molecular flexibility index (Phi) is 9.90. The van der Waals surface area contributed by atoms with E-state index < -0.39 is 28.9 Å². The van der Waals surface area contributed by atoms with E-state index in [0.29, 0.717) is 45.9 Å². The van der Waals surface area contributed by atoms with E-state index in [1.165, 1.54) is 4.90 Å². The van der Waals surface area contributed by atoms with Gasteiger partial charge in [0.15, 0.2) is 0 Å². The summed E-state index contributed by atoms with van der Waals surface area (Å²) in [5.41, 5.74) is -0.691. The molecule has 0 spiro atoms. The third kappa shape index (κ3) is 6.02. The van der Waals surface area contributed by atoms with Crippen LogP contribution in [-0.2, 0) is 6.54 Å². The monoisotopic (exact) mass is 755 g/mol. The molecule has 12 heteroatoms. The SMILES string of the molecule is CCCCCCC(CCCCCC)N1C(=O)c2ccc3c4ccc5c6c(ccc(c7ccc(c2c37)C1=O)c64)C(=O)N(CCCCn1c(=O)[nH]c(=O)[nH]c1=O)C5=O. The predicted octanol–water partition coefficient (Wildman–Crippen LogP) is 7.26. The summed E-state index contributed by atoms with van der Waals surface area (Å²) in [7, 11) is 0. The molecular weight excluding hydrogens is 711 g/mol. The van der Waals surface area contributed by atoms with E-state index in [4.69, 9.17) is 0 Å². The lowest BCUT2D eigenvalue weighted by Crippen LogP contribution is -2.47. The first kappa shape index (κ1) is 37.0. The van der Waals surface area contributed by atoms with Gasteiger partial charge in [-0.05, 0) is 82.3 Å². The number of fused-ring (bicyclic) bond motifs is 2. The second-order valence-corrected chi connectivity index (χ2v) is 15.3. The number of carbonyl (C=O) groups excluding carboxylic acids is 4. The molecule has 0 unspecified atom stereocenters. The van der Waals surface area contributed by atoms with Crippen molar-refractivity contribution in [3.05, 3.63) is 102 Å². The molecule has 288 valence electrons. The minimum absolute atomic E-state index is 0.00232. The zero-order valence-electron chi connectivity index (χ0n) is 31.8. The third-order valence-electron chi connectivity index (χ3n) is 11.8. The maximum Gasteiger partial charge on any atom is 0.333 e. The first-order chi connectivity index (χ1) is 27.2. The average molecular weight is 756 g/mol. The highest BCUT2D eigenvalue weighted by Crippen LogP contribution is 2.46. The van der Waals surface area contributed by atoms with Gasteiger partial charge in [-0.25, -0.2) is 19.0 Å². The summed E-state index contributed by atoms with van der Waals surface area (Å²) >= 11 is 0. The predicted molar refractivity (Wildman–Crippen MR) is 216 cm³/mol. The van der Waals surface area contributed by atoms with E-state index in [9.17, 15) is 33.6 Å². The van der Waals surface area contributed by atoms with Crippen molar-refractivity contribution in [3.63, 3.8) is 0 Å². The van der Waals surface area contributed by atoms with Gasteiger partial charge in [0.1, 0.15) is 0 Å². The van der Waals surface area contributed by atoms with Gasteiger partial charge in [0.25, 0.3) is 23.6 Å². The van der Waals surface area contributed by atoms with Crippen LogP contribution in [0.25, 0.3) is 43.1 Å². The van der Waals surface area contributed by atoms with Gasteiger partial charge in [0.05, 0.1) is 0 Å². The Labute approximate surface area is 321 Å². The van der Waals surface area contributed by atoms with Crippen molar-refractivity contribution in [1.82, 2.24) is 24.3 Å². The smallest absolute Gasteiger partial charge is 0.274 e. The van der Waals surface area contributed by atoms with Gasteiger partial charge in [-0.2, -0.15) is 0 Å². The molecule has 0 radical (unpaired) electrons. The van der Waals surface area contributed by atoms with Gasteiger partial charge in [-0.15, -0.1) is 0 Å². The van der Waals surface area contributed by atoms with Gasteiger partial charge in [-0.3, -0.25) is 38.9 Å². The number of imide groups is 2. The highest BCUT2D eigenvalue weighted by molar-refractivity contribution is 6.41. The molecule has 0 bridgehead atoms. The summed E-state index contributed by atoms with van der Waals surface area (Å²) < 4.78 is 0.871. The number of aromatic nitrogens is 3. The fourth-order valence-electron chi connectivity index (χ4n) is 9.08. The molecule has 3 heterocycles. The van der Waals surface area contributed by atoms with E-state index >= 15 is 0 Å². The second-order valence-electron chi connectivity index (χ2n) is 15.3. The van der Waals surface area contributed by atoms with Crippen molar-refractivity contribution in [2.45, 2.75) is 103 Å². The molecule has 5 aromatic carbocycles. The molecule has 1 aromatic heterocycles. The quantitative estimate of drug-likeness (QED) is 0.0455. The van der Waals surface area contributed by atoms with Crippen LogP contribution in [0.2, 0.25) is 0 Å². The highest BCUT2D eigenvalue weighted by atomic mass is 16.2. The number of unbranched alkanes of at least 4 members (excludes halogenated alkanes) is 7. The molecule has 12 nitrogen and oxygen atoms in total. The largest absolute Gasteiger partial charge is 0.333 e. The third-order valence-corrected chi connectivity index (χ3v) is 11.8. The zero-order valence-corrected chi connectivity index (χ0v) is 31.8. The molecule has 4 amide bonds. The minimum atomic E-state index is -0.884. The standard InChI is InChI=1S/C44H45N5O7/c1-3-5-7-9-13-25(14-10-8-6-4-2)49-40(52)32-21-17-28-26-15-19-30-36-31(20-16-27(34(26)36)29-18-22-33(41(49)53)37(32)35(28)29)39(51)47(38(30)50)23-11-12-24-48-43(55)45-42(54)46-44(48)56/h15-22,25H,3-14,23-24H2,1-2H3,(H2,45,46,54,55,56). The van der Waals surface area contributed by atoms with E-state index in [1.807, 2.05) is 46.4 Å². The van der Waals surface area contributed by atoms with Gasteiger partial charge in [-0.1, -0.05) is 89.5 Å². The van der Waals surface area contributed by atoms with Crippen molar-refractivity contribution >= 4 is 66.7 Å². The second kappa shape index (κ2) is 15.0. The molecule has 0 saturated carbocycles. The van der Waals surface area contributed by atoms with Crippen LogP contribution >= 0.6 is 0 Å². The molecule has 2 aliphatic heterocycles. The van der Waals surface area contributed by atoms with Crippen LogP contribution in [0, 0.1) is 0 Å². The lowest BCUT2D eigenvalue weighted by Gasteiger charge is -2.35. The van der Waals surface area contributed by atoms with E-state index in [1.54, 1.807) is 17.0 Å². The number of amides is 4. The molecule has 56 heavy (non-hydrogen) atoms. The Morgan fingerprint density at radius 2 is 0.875 bits per heavy atom. The Morgan fingerprint density at radius 3 is 1.30 bits per heavy atom. The first-order valence-electron chi connectivity index (χ1n) is 20.0. The van der Waals surface area contributed by atoms with Gasteiger partial charge < -0.3 is 0 Å². The topological polar surface area (TPSA) is 162 Å². The molecule has 0 atom stereocenters. The molecule has 2 aliphatic rings.